The van der Waals surface area contributed by atoms with E-state index in [1.54, 1.807) is 36.7 Å². The van der Waals surface area contributed by atoms with Gasteiger partial charge in [-0.1, -0.05) is 48.3 Å². The number of benzene rings is 2. The van der Waals surface area contributed by atoms with Gasteiger partial charge in [0, 0.05) is 55.2 Å². The van der Waals surface area contributed by atoms with Crippen molar-refractivity contribution in [2.75, 3.05) is 52.4 Å². The second kappa shape index (κ2) is 20.7. The minimum absolute atomic E-state index is 0.114. The first-order chi connectivity index (χ1) is 27.4. The van der Waals surface area contributed by atoms with E-state index in [9.17, 15) is 15.0 Å². The number of ether oxygens (including phenoxy) is 5. The van der Waals surface area contributed by atoms with Crippen molar-refractivity contribution in [2.45, 2.75) is 100 Å². The SMILES string of the molecule is C=CCOC12Oc3ccc(OCCSc4ccccc4)cc3C3C(CCCCO)C(CCCCO)C=C(C(=NOC4CCCCO4)CC1N(C)C(=O)OCC)C32. The van der Waals surface area contributed by atoms with Gasteiger partial charge in [-0.2, -0.15) is 0 Å². The molecule has 0 aromatic heterocycles. The Morgan fingerprint density at radius 1 is 1.09 bits per heavy atom. The maximum absolute atomic E-state index is 13.6. The highest BCUT2D eigenvalue weighted by Crippen LogP contribution is 2.61. The Kier molecular flexibility index (Phi) is 15.6. The smallest absolute Gasteiger partial charge is 0.409 e. The van der Waals surface area contributed by atoms with Crippen LogP contribution in [0.4, 0.5) is 4.79 Å². The molecule has 4 aliphatic rings. The summed E-state index contributed by atoms with van der Waals surface area (Å²) >= 11 is 1.75. The topological polar surface area (TPSA) is 129 Å². The van der Waals surface area contributed by atoms with Crippen molar-refractivity contribution >= 4 is 23.6 Å². The monoisotopic (exact) mass is 792 g/mol. The molecule has 0 spiro atoms. The zero-order chi connectivity index (χ0) is 39.3. The van der Waals surface area contributed by atoms with Gasteiger partial charge in [-0.05, 0) is 93.2 Å². The fraction of sp³-hybridized carbons (Fsp3) is 0.591. The summed E-state index contributed by atoms with van der Waals surface area (Å²) in [7, 11) is 1.73. The van der Waals surface area contributed by atoms with E-state index in [0.29, 0.717) is 38.2 Å². The predicted molar refractivity (Wildman–Crippen MR) is 217 cm³/mol. The molecular formula is C44H60N2O9S. The summed E-state index contributed by atoms with van der Waals surface area (Å²) in [5.41, 5.74) is 2.72. The molecule has 1 amide bonds. The van der Waals surface area contributed by atoms with Crippen molar-refractivity contribution in [1.29, 1.82) is 0 Å². The molecule has 2 N–H and O–H groups in total. The van der Waals surface area contributed by atoms with Crippen LogP contribution < -0.4 is 9.47 Å². The Morgan fingerprint density at radius 3 is 2.62 bits per heavy atom. The summed E-state index contributed by atoms with van der Waals surface area (Å²) in [6.45, 7) is 7.59. The average Bonchev–Trinajstić information content (AvgIpc) is 3.22. The lowest BCUT2D eigenvalue weighted by molar-refractivity contribution is -0.254. The van der Waals surface area contributed by atoms with E-state index in [1.807, 2.05) is 30.3 Å². The molecule has 2 aliphatic heterocycles. The maximum Gasteiger partial charge on any atom is 0.409 e. The van der Waals surface area contributed by atoms with Crippen LogP contribution in [0.3, 0.4) is 0 Å². The van der Waals surface area contributed by atoms with E-state index in [4.69, 9.17) is 33.7 Å². The first kappa shape index (κ1) is 42.1. The van der Waals surface area contributed by atoms with Crippen molar-refractivity contribution in [3.63, 3.8) is 0 Å². The van der Waals surface area contributed by atoms with E-state index in [-0.39, 0.29) is 44.2 Å². The zero-order valence-electron chi connectivity index (χ0n) is 33.0. The van der Waals surface area contributed by atoms with Crippen LogP contribution in [0.15, 0.2) is 82.9 Å². The quantitative estimate of drug-likeness (QED) is 0.0588. The van der Waals surface area contributed by atoms with Crippen LogP contribution in [0.25, 0.3) is 0 Å². The molecule has 7 atom stereocenters. The number of nitrogens with zero attached hydrogens (tertiary/aromatic N) is 2. The van der Waals surface area contributed by atoms with Crippen LogP contribution in [-0.2, 0) is 19.0 Å². The highest BCUT2D eigenvalue weighted by atomic mass is 32.2. The van der Waals surface area contributed by atoms with Gasteiger partial charge in [-0.15, -0.1) is 18.3 Å². The predicted octanol–water partition coefficient (Wildman–Crippen LogP) is 8.11. The van der Waals surface area contributed by atoms with Crippen molar-refractivity contribution in [1.82, 2.24) is 4.90 Å². The van der Waals surface area contributed by atoms with Gasteiger partial charge in [-0.3, -0.25) is 0 Å². The molecule has 1 saturated heterocycles. The number of hydrogen-bond donors (Lipinski definition) is 2. The number of rotatable bonds is 20. The van der Waals surface area contributed by atoms with E-state index in [2.05, 4.69) is 30.9 Å². The van der Waals surface area contributed by atoms with Crippen LogP contribution in [0.2, 0.25) is 0 Å². The fourth-order valence-electron chi connectivity index (χ4n) is 8.92. The number of hydrogen-bond acceptors (Lipinski definition) is 11. The van der Waals surface area contributed by atoms with Crippen molar-refractivity contribution in [3.8, 4) is 11.5 Å². The molecule has 2 aromatic rings. The summed E-state index contributed by atoms with van der Waals surface area (Å²) in [6.07, 6.45) is 11.0. The summed E-state index contributed by atoms with van der Waals surface area (Å²) in [5.74, 6) is 0.584. The lowest BCUT2D eigenvalue weighted by atomic mass is 9.55. The number of carbonyl (C=O) groups is 1. The highest BCUT2D eigenvalue weighted by molar-refractivity contribution is 7.99. The zero-order valence-corrected chi connectivity index (χ0v) is 33.8. The van der Waals surface area contributed by atoms with Crippen molar-refractivity contribution in [2.24, 2.45) is 22.9 Å². The molecular weight excluding hydrogens is 733 g/mol. The lowest BCUT2D eigenvalue weighted by Gasteiger charge is -2.59. The van der Waals surface area contributed by atoms with Crippen molar-refractivity contribution < 1.29 is 43.5 Å². The number of allylic oxidation sites excluding steroid dienone is 1. The highest BCUT2D eigenvalue weighted by Gasteiger charge is 2.65. The van der Waals surface area contributed by atoms with E-state index < -0.39 is 30.1 Å². The van der Waals surface area contributed by atoms with Gasteiger partial charge in [0.1, 0.15) is 17.5 Å². The van der Waals surface area contributed by atoms with E-state index in [0.717, 1.165) is 73.3 Å². The minimum Gasteiger partial charge on any atom is -0.493 e. The number of fused-ring (bicyclic) bond motifs is 2. The molecule has 11 nitrogen and oxygen atoms in total. The molecule has 0 bridgehead atoms. The van der Waals surface area contributed by atoms with Gasteiger partial charge in [-0.25, -0.2) is 4.79 Å². The summed E-state index contributed by atoms with van der Waals surface area (Å²) in [6, 6.07) is 15.7. The Bertz CT molecular complexity index is 1630. The largest absolute Gasteiger partial charge is 0.493 e. The Morgan fingerprint density at radius 2 is 1.89 bits per heavy atom. The molecule has 2 aromatic carbocycles. The first-order valence-corrected chi connectivity index (χ1v) is 21.5. The third-order valence-electron chi connectivity index (χ3n) is 11.5. The van der Waals surface area contributed by atoms with Crippen LogP contribution in [-0.4, -0.2) is 97.5 Å². The third-order valence-corrected chi connectivity index (χ3v) is 12.4. The minimum atomic E-state index is -1.33. The summed E-state index contributed by atoms with van der Waals surface area (Å²) in [4.78, 5) is 22.6. The maximum atomic E-state index is 13.6. The van der Waals surface area contributed by atoms with Gasteiger partial charge in [0.2, 0.25) is 12.1 Å². The molecule has 7 unspecified atom stereocenters. The van der Waals surface area contributed by atoms with Crippen LogP contribution in [0, 0.1) is 17.8 Å². The molecule has 0 radical (unpaired) electrons. The summed E-state index contributed by atoms with van der Waals surface area (Å²) < 4.78 is 32.0. The second-order valence-electron chi connectivity index (χ2n) is 15.0. The van der Waals surface area contributed by atoms with Crippen molar-refractivity contribution in [3.05, 3.63) is 78.4 Å². The molecule has 2 heterocycles. The molecule has 2 fully saturated rings. The van der Waals surface area contributed by atoms with Crippen LogP contribution >= 0.6 is 11.8 Å². The first-order valence-electron chi connectivity index (χ1n) is 20.5. The van der Waals surface area contributed by atoms with Gasteiger partial charge in [0.15, 0.2) is 0 Å². The number of unbranched alkanes of at least 4 members (excludes halogenated alkanes) is 2. The van der Waals surface area contributed by atoms with Gasteiger partial charge >= 0.3 is 6.09 Å². The normalized spacial score (nSPS) is 27.3. The molecule has 1 saturated carbocycles. The molecule has 2 aliphatic carbocycles. The number of amides is 1. The third kappa shape index (κ3) is 9.76. The van der Waals surface area contributed by atoms with Gasteiger partial charge < -0.3 is 43.6 Å². The lowest BCUT2D eigenvalue weighted by Crippen LogP contribution is -2.69. The van der Waals surface area contributed by atoms with Gasteiger partial charge in [0.25, 0.3) is 0 Å². The number of thioether (sulfide) groups is 1. The Hall–Kier alpha value is -3.55. The number of likely N-dealkylation sites (N-methyl/N-ethyl adjacent to an activating group) is 1. The summed E-state index contributed by atoms with van der Waals surface area (Å²) in [5, 5.41) is 24.6. The standard InChI is InChI=1S/C44H60N2O9S/c1-4-24-53-44-39(46(3)43(49)50-5-2)30-37(45-55-40-19-11-14-25-52-40)35-28-31(15-9-12-22-47)34(18-10-13-23-48)41(42(35)44)36-29-32(20-21-38(36)54-44)51-26-27-56-33-16-7-6-8-17-33/h4,6-8,16-17,20-21,28-29,31,34,39-42,47-48H,1,5,9-15,18-19,22-27,30H2,2-3H3. The number of aliphatic hydroxyl groups excluding tert-OH is 2. The molecule has 56 heavy (non-hydrogen) atoms. The van der Waals surface area contributed by atoms with E-state index in [1.165, 1.54) is 4.90 Å². The Balaban J connectivity index is 1.47. The molecule has 12 heteroatoms. The van der Waals surface area contributed by atoms with Crippen LogP contribution in [0.5, 0.6) is 11.5 Å². The number of oxime groups is 1. The number of carbonyl (C=O) groups excluding carboxylic acids is 1. The number of aliphatic hydroxyl groups is 2. The molecule has 6 rings (SSSR count). The fourth-order valence-corrected chi connectivity index (χ4v) is 9.67. The van der Waals surface area contributed by atoms with Crippen LogP contribution in [0.1, 0.15) is 82.6 Å². The average molecular weight is 793 g/mol. The second-order valence-corrected chi connectivity index (χ2v) is 16.2. The van der Waals surface area contributed by atoms with Gasteiger partial charge in [0.05, 0.1) is 38.1 Å². The Labute approximate surface area is 336 Å². The van der Waals surface area contributed by atoms with E-state index >= 15 is 0 Å². The molecule has 306 valence electrons.